The Morgan fingerprint density at radius 2 is 2.21 bits per heavy atom. The van der Waals surface area contributed by atoms with Crippen LogP contribution < -0.4 is 10.6 Å². The van der Waals surface area contributed by atoms with Crippen molar-refractivity contribution in [3.63, 3.8) is 0 Å². The SMILES string of the molecule is Oc1ccc([C@H]2CNCCN2)c(Cl)c1. The Morgan fingerprint density at radius 3 is 2.86 bits per heavy atom. The summed E-state index contributed by atoms with van der Waals surface area (Å²) in [5.41, 5.74) is 1.04. The van der Waals surface area contributed by atoms with E-state index in [1.165, 1.54) is 0 Å². The average molecular weight is 213 g/mol. The first-order valence-corrected chi connectivity index (χ1v) is 5.07. The maximum absolute atomic E-state index is 9.22. The van der Waals surface area contributed by atoms with Gasteiger partial charge in [0.1, 0.15) is 5.75 Å². The third-order valence-corrected chi connectivity index (χ3v) is 2.73. The van der Waals surface area contributed by atoms with Crippen LogP contribution in [0.4, 0.5) is 0 Å². The molecule has 1 atom stereocenters. The molecule has 14 heavy (non-hydrogen) atoms. The third-order valence-electron chi connectivity index (χ3n) is 2.40. The second kappa shape index (κ2) is 4.17. The fraction of sp³-hybridized carbons (Fsp3) is 0.400. The first-order valence-electron chi connectivity index (χ1n) is 4.70. The van der Waals surface area contributed by atoms with Gasteiger partial charge in [0.15, 0.2) is 0 Å². The van der Waals surface area contributed by atoms with Gasteiger partial charge in [0.25, 0.3) is 0 Å². The summed E-state index contributed by atoms with van der Waals surface area (Å²) in [7, 11) is 0. The molecule has 0 amide bonds. The van der Waals surface area contributed by atoms with Gasteiger partial charge in [-0.1, -0.05) is 17.7 Å². The highest BCUT2D eigenvalue weighted by Gasteiger charge is 2.16. The lowest BCUT2D eigenvalue weighted by molar-refractivity contribution is 0.429. The van der Waals surface area contributed by atoms with E-state index >= 15 is 0 Å². The van der Waals surface area contributed by atoms with Crippen molar-refractivity contribution in [2.75, 3.05) is 19.6 Å². The van der Waals surface area contributed by atoms with Gasteiger partial charge in [-0.3, -0.25) is 0 Å². The molecule has 1 aromatic rings. The molecule has 76 valence electrons. The molecule has 2 rings (SSSR count). The van der Waals surface area contributed by atoms with Crippen LogP contribution in [-0.4, -0.2) is 24.7 Å². The fourth-order valence-electron chi connectivity index (χ4n) is 1.67. The van der Waals surface area contributed by atoms with Crippen LogP contribution in [0.1, 0.15) is 11.6 Å². The predicted molar refractivity (Wildman–Crippen MR) is 56.7 cm³/mol. The maximum atomic E-state index is 9.22. The van der Waals surface area contributed by atoms with Crippen LogP contribution in [0.15, 0.2) is 18.2 Å². The zero-order chi connectivity index (χ0) is 9.97. The number of aromatic hydroxyl groups is 1. The molecule has 0 unspecified atom stereocenters. The van der Waals surface area contributed by atoms with Crippen LogP contribution in [0.2, 0.25) is 5.02 Å². The topological polar surface area (TPSA) is 44.3 Å². The van der Waals surface area contributed by atoms with Gasteiger partial charge >= 0.3 is 0 Å². The summed E-state index contributed by atoms with van der Waals surface area (Å²) in [5, 5.41) is 16.5. The summed E-state index contributed by atoms with van der Waals surface area (Å²) in [5.74, 6) is 0.211. The van der Waals surface area contributed by atoms with E-state index in [1.807, 2.05) is 6.07 Å². The molecule has 3 N–H and O–H groups in total. The Morgan fingerprint density at radius 1 is 1.36 bits per heavy atom. The lowest BCUT2D eigenvalue weighted by Gasteiger charge is -2.25. The van der Waals surface area contributed by atoms with E-state index in [4.69, 9.17) is 11.6 Å². The standard InChI is InChI=1S/C10H13ClN2O/c11-9-5-7(14)1-2-8(9)10-6-12-3-4-13-10/h1-2,5,10,12-14H,3-4,6H2/t10-/m1/s1. The molecule has 1 aliphatic heterocycles. The van der Waals surface area contributed by atoms with Gasteiger partial charge < -0.3 is 15.7 Å². The molecule has 3 nitrogen and oxygen atoms in total. The third kappa shape index (κ3) is 2.00. The van der Waals surface area contributed by atoms with E-state index in [9.17, 15) is 5.11 Å². The van der Waals surface area contributed by atoms with E-state index in [0.29, 0.717) is 5.02 Å². The first kappa shape index (κ1) is 9.77. The first-order chi connectivity index (χ1) is 6.77. The molecule has 0 aromatic heterocycles. The van der Waals surface area contributed by atoms with Gasteiger partial charge in [-0.2, -0.15) is 0 Å². The Hall–Kier alpha value is -0.770. The predicted octanol–water partition coefficient (Wildman–Crippen LogP) is 1.28. The highest BCUT2D eigenvalue weighted by molar-refractivity contribution is 6.31. The highest BCUT2D eigenvalue weighted by atomic mass is 35.5. The van der Waals surface area contributed by atoms with Gasteiger partial charge in [0, 0.05) is 30.7 Å². The molecule has 0 bridgehead atoms. The van der Waals surface area contributed by atoms with E-state index in [0.717, 1.165) is 25.2 Å². The Bertz CT molecular complexity index is 324. The summed E-state index contributed by atoms with van der Waals surface area (Å²) in [6.45, 7) is 2.82. The smallest absolute Gasteiger partial charge is 0.117 e. The van der Waals surface area contributed by atoms with Crippen molar-refractivity contribution in [1.82, 2.24) is 10.6 Å². The monoisotopic (exact) mass is 212 g/mol. The number of piperazine rings is 1. The molecule has 0 aliphatic carbocycles. The van der Waals surface area contributed by atoms with Crippen LogP contribution in [-0.2, 0) is 0 Å². The van der Waals surface area contributed by atoms with Gasteiger partial charge in [-0.05, 0) is 17.7 Å². The van der Waals surface area contributed by atoms with Crippen molar-refractivity contribution in [2.24, 2.45) is 0 Å². The summed E-state index contributed by atoms with van der Waals surface area (Å²) in [6, 6.07) is 5.35. The van der Waals surface area contributed by atoms with Crippen LogP contribution >= 0.6 is 11.6 Å². The number of phenols is 1. The van der Waals surface area contributed by atoms with Crippen molar-refractivity contribution in [1.29, 1.82) is 0 Å². The number of rotatable bonds is 1. The maximum Gasteiger partial charge on any atom is 0.117 e. The number of hydrogen-bond donors (Lipinski definition) is 3. The summed E-state index contributed by atoms with van der Waals surface area (Å²) in [4.78, 5) is 0. The molecule has 0 saturated carbocycles. The lowest BCUT2D eigenvalue weighted by atomic mass is 10.1. The van der Waals surface area contributed by atoms with Crippen LogP contribution in [0.3, 0.4) is 0 Å². The van der Waals surface area contributed by atoms with Gasteiger partial charge in [0.2, 0.25) is 0 Å². The van der Waals surface area contributed by atoms with Crippen LogP contribution in [0.25, 0.3) is 0 Å². The number of benzene rings is 1. The minimum Gasteiger partial charge on any atom is -0.508 e. The minimum absolute atomic E-state index is 0.211. The number of halogens is 1. The second-order valence-electron chi connectivity index (χ2n) is 3.42. The quantitative estimate of drug-likeness (QED) is 0.657. The fourth-order valence-corrected chi connectivity index (χ4v) is 1.98. The van der Waals surface area contributed by atoms with E-state index in [2.05, 4.69) is 10.6 Å². The molecule has 0 radical (unpaired) electrons. The molecular formula is C10H13ClN2O. The van der Waals surface area contributed by atoms with E-state index < -0.39 is 0 Å². The number of hydrogen-bond acceptors (Lipinski definition) is 3. The highest BCUT2D eigenvalue weighted by Crippen LogP contribution is 2.26. The zero-order valence-electron chi connectivity index (χ0n) is 7.76. The zero-order valence-corrected chi connectivity index (χ0v) is 8.51. The van der Waals surface area contributed by atoms with Crippen molar-refractivity contribution in [3.05, 3.63) is 28.8 Å². The minimum atomic E-state index is 0.211. The molecule has 1 aliphatic rings. The Labute approximate surface area is 88.1 Å². The van der Waals surface area contributed by atoms with Crippen molar-refractivity contribution in [2.45, 2.75) is 6.04 Å². The second-order valence-corrected chi connectivity index (χ2v) is 3.82. The lowest BCUT2D eigenvalue weighted by Crippen LogP contribution is -2.42. The molecule has 1 saturated heterocycles. The van der Waals surface area contributed by atoms with Gasteiger partial charge in [0.05, 0.1) is 0 Å². The van der Waals surface area contributed by atoms with E-state index in [-0.39, 0.29) is 11.8 Å². The largest absolute Gasteiger partial charge is 0.508 e. The molecule has 4 heteroatoms. The summed E-state index contributed by atoms with van der Waals surface area (Å²) < 4.78 is 0. The molecule has 0 spiro atoms. The Balaban J connectivity index is 2.22. The van der Waals surface area contributed by atoms with Crippen LogP contribution in [0, 0.1) is 0 Å². The van der Waals surface area contributed by atoms with Crippen molar-refractivity contribution >= 4 is 11.6 Å². The van der Waals surface area contributed by atoms with E-state index in [1.54, 1.807) is 12.1 Å². The van der Waals surface area contributed by atoms with Crippen molar-refractivity contribution < 1.29 is 5.11 Å². The van der Waals surface area contributed by atoms with Gasteiger partial charge in [-0.15, -0.1) is 0 Å². The number of phenolic OH excluding ortho intramolecular Hbond substituents is 1. The van der Waals surface area contributed by atoms with Crippen molar-refractivity contribution in [3.8, 4) is 5.75 Å². The average Bonchev–Trinajstić information content (AvgIpc) is 2.19. The van der Waals surface area contributed by atoms with Crippen LogP contribution in [0.5, 0.6) is 5.75 Å². The summed E-state index contributed by atoms with van der Waals surface area (Å²) >= 11 is 6.04. The Kier molecular flexibility index (Phi) is 2.91. The normalized spacial score (nSPS) is 22.2. The molecule has 1 fully saturated rings. The van der Waals surface area contributed by atoms with Gasteiger partial charge in [-0.25, -0.2) is 0 Å². The summed E-state index contributed by atoms with van der Waals surface area (Å²) in [6.07, 6.45) is 0. The molecular weight excluding hydrogens is 200 g/mol. The molecule has 1 aromatic carbocycles. The molecule has 1 heterocycles. The number of nitrogens with one attached hydrogen (secondary N) is 2.